The third-order valence-electron chi connectivity index (χ3n) is 6.03. The molecule has 0 bridgehead atoms. The van der Waals surface area contributed by atoms with Gasteiger partial charge in [-0.1, -0.05) is 66.2 Å². The molecule has 0 amide bonds. The van der Waals surface area contributed by atoms with Crippen LogP contribution in [0.4, 0.5) is 0 Å². The van der Waals surface area contributed by atoms with Crippen molar-refractivity contribution in [2.24, 2.45) is 0 Å². The first-order valence-corrected chi connectivity index (χ1v) is 11.9. The van der Waals surface area contributed by atoms with E-state index in [1.807, 2.05) is 91.0 Å². The van der Waals surface area contributed by atoms with Gasteiger partial charge in [-0.3, -0.25) is 9.78 Å². The van der Waals surface area contributed by atoms with Gasteiger partial charge >= 0.3 is 0 Å². The zero-order valence-corrected chi connectivity index (χ0v) is 19.9. The van der Waals surface area contributed by atoms with Crippen molar-refractivity contribution in [1.82, 2.24) is 15.0 Å². The third kappa shape index (κ3) is 4.21. The minimum atomic E-state index is -0.127. The summed E-state index contributed by atoms with van der Waals surface area (Å²) in [5.74, 6) is 0.731. The van der Waals surface area contributed by atoms with Crippen LogP contribution in [-0.4, -0.2) is 15.0 Å². The zero-order valence-electron chi connectivity index (χ0n) is 19.1. The number of benzene rings is 3. The van der Waals surface area contributed by atoms with Crippen LogP contribution in [0, 0.1) is 0 Å². The number of nitrogens with one attached hydrogen (secondary N) is 1. The number of aromatic nitrogens is 3. The smallest absolute Gasteiger partial charge is 0.191 e. The maximum atomic E-state index is 13.2. The molecule has 0 fully saturated rings. The molecule has 3 aromatic carbocycles. The van der Waals surface area contributed by atoms with Gasteiger partial charge in [0, 0.05) is 28.8 Å². The Labute approximate surface area is 212 Å². The van der Waals surface area contributed by atoms with Crippen LogP contribution in [0.25, 0.3) is 44.3 Å². The number of fused-ring (bicyclic) bond motifs is 2. The summed E-state index contributed by atoms with van der Waals surface area (Å²) >= 11 is 6.60. The summed E-state index contributed by atoms with van der Waals surface area (Å²) in [6.45, 7) is 0.229. The average molecular weight is 490 g/mol. The molecule has 0 saturated heterocycles. The van der Waals surface area contributed by atoms with E-state index in [0.29, 0.717) is 21.7 Å². The second kappa shape index (κ2) is 9.29. The lowest BCUT2D eigenvalue weighted by Crippen LogP contribution is -2.09. The number of para-hydroxylation sites is 1. The fraction of sp³-hybridized carbons (Fsp3) is 0.0333. The van der Waals surface area contributed by atoms with Crippen molar-refractivity contribution in [2.45, 2.75) is 6.61 Å². The first-order valence-electron chi connectivity index (χ1n) is 11.5. The van der Waals surface area contributed by atoms with Crippen LogP contribution >= 0.6 is 11.6 Å². The molecular weight excluding hydrogens is 470 g/mol. The molecular formula is C30H20ClN3O2. The van der Waals surface area contributed by atoms with E-state index in [-0.39, 0.29) is 12.0 Å². The number of H-pyrrole nitrogens is 1. The molecule has 1 N–H and O–H groups in total. The first-order chi connectivity index (χ1) is 17.7. The molecule has 6 heteroatoms. The largest absolute Gasteiger partial charge is 0.487 e. The van der Waals surface area contributed by atoms with Gasteiger partial charge in [-0.2, -0.15) is 0 Å². The lowest BCUT2D eigenvalue weighted by atomic mass is 9.96. The molecule has 0 aliphatic rings. The average Bonchev–Trinajstić information content (AvgIpc) is 2.92. The van der Waals surface area contributed by atoms with Gasteiger partial charge in [0.2, 0.25) is 0 Å². The van der Waals surface area contributed by atoms with Crippen LogP contribution in [0.15, 0.2) is 108 Å². The van der Waals surface area contributed by atoms with Gasteiger partial charge in [0.25, 0.3) is 0 Å². The summed E-state index contributed by atoms with van der Waals surface area (Å²) in [4.78, 5) is 25.8. The van der Waals surface area contributed by atoms with Gasteiger partial charge in [-0.25, -0.2) is 4.98 Å². The molecule has 36 heavy (non-hydrogen) atoms. The van der Waals surface area contributed by atoms with Crippen LogP contribution in [-0.2, 0) is 6.61 Å². The Hall–Kier alpha value is -4.48. The molecule has 0 unspecified atom stereocenters. The lowest BCUT2D eigenvalue weighted by Gasteiger charge is -2.14. The van der Waals surface area contributed by atoms with Gasteiger partial charge in [0.1, 0.15) is 18.0 Å². The molecule has 3 aromatic heterocycles. The topological polar surface area (TPSA) is 67.9 Å². The number of ether oxygens (including phenoxy) is 1. The summed E-state index contributed by atoms with van der Waals surface area (Å²) in [5.41, 5.74) is 5.13. The Morgan fingerprint density at radius 2 is 1.61 bits per heavy atom. The summed E-state index contributed by atoms with van der Waals surface area (Å²) in [5, 5.41) is 1.96. The second-order valence-electron chi connectivity index (χ2n) is 8.44. The van der Waals surface area contributed by atoms with Crippen molar-refractivity contribution in [3.05, 3.63) is 124 Å². The van der Waals surface area contributed by atoms with E-state index < -0.39 is 0 Å². The highest BCUT2D eigenvalue weighted by molar-refractivity contribution is 6.35. The monoisotopic (exact) mass is 489 g/mol. The van der Waals surface area contributed by atoms with Crippen molar-refractivity contribution >= 4 is 33.5 Å². The number of rotatable bonds is 5. The quantitative estimate of drug-likeness (QED) is 0.282. The highest BCUT2D eigenvalue weighted by Gasteiger charge is 2.16. The maximum absolute atomic E-state index is 13.2. The van der Waals surface area contributed by atoms with E-state index in [0.717, 1.165) is 39.0 Å². The number of pyridine rings is 3. The molecule has 0 saturated carbocycles. The molecule has 0 atom stereocenters. The molecule has 0 aliphatic carbocycles. The first kappa shape index (κ1) is 22.0. The van der Waals surface area contributed by atoms with Crippen LogP contribution in [0.3, 0.4) is 0 Å². The van der Waals surface area contributed by atoms with Crippen molar-refractivity contribution < 1.29 is 4.74 Å². The van der Waals surface area contributed by atoms with Crippen LogP contribution in [0.2, 0.25) is 5.02 Å². The third-order valence-corrected chi connectivity index (χ3v) is 6.31. The van der Waals surface area contributed by atoms with E-state index in [1.165, 1.54) is 0 Å². The Morgan fingerprint density at radius 3 is 2.42 bits per heavy atom. The van der Waals surface area contributed by atoms with E-state index in [4.69, 9.17) is 21.3 Å². The number of hydrogen-bond donors (Lipinski definition) is 1. The van der Waals surface area contributed by atoms with Crippen LogP contribution in [0.5, 0.6) is 5.75 Å². The predicted molar refractivity (Wildman–Crippen MR) is 144 cm³/mol. The number of aromatic amines is 1. The van der Waals surface area contributed by atoms with E-state index in [9.17, 15) is 4.79 Å². The normalized spacial score (nSPS) is 11.1. The van der Waals surface area contributed by atoms with Crippen LogP contribution < -0.4 is 10.2 Å². The molecule has 0 aliphatic heterocycles. The fourth-order valence-corrected chi connectivity index (χ4v) is 4.59. The van der Waals surface area contributed by atoms with Gasteiger partial charge < -0.3 is 9.72 Å². The molecule has 5 nitrogen and oxygen atoms in total. The number of nitrogens with zero attached hydrogens (tertiary/aromatic N) is 2. The SMILES string of the molecule is O=c1cc(COc2ccccc2)[nH]c2nc(-c3ccccc3)c(-c3cc(Cl)c4ncccc4c3)cc12. The van der Waals surface area contributed by atoms with E-state index >= 15 is 0 Å². The molecule has 0 radical (unpaired) electrons. The second-order valence-corrected chi connectivity index (χ2v) is 8.85. The Balaban J connectivity index is 1.52. The van der Waals surface area contributed by atoms with Gasteiger partial charge in [-0.05, 0) is 42.0 Å². The number of halogens is 1. The van der Waals surface area contributed by atoms with E-state index in [2.05, 4.69) is 9.97 Å². The molecule has 174 valence electrons. The van der Waals surface area contributed by atoms with E-state index in [1.54, 1.807) is 12.3 Å². The summed E-state index contributed by atoms with van der Waals surface area (Å²) in [6.07, 6.45) is 1.72. The molecule has 6 aromatic rings. The van der Waals surface area contributed by atoms with Crippen LogP contribution in [0.1, 0.15) is 5.69 Å². The Kier molecular flexibility index (Phi) is 5.68. The van der Waals surface area contributed by atoms with Crippen molar-refractivity contribution in [1.29, 1.82) is 0 Å². The minimum Gasteiger partial charge on any atom is -0.487 e. The summed E-state index contributed by atoms with van der Waals surface area (Å²) < 4.78 is 5.84. The maximum Gasteiger partial charge on any atom is 0.191 e. The fourth-order valence-electron chi connectivity index (χ4n) is 4.32. The molecule has 3 heterocycles. The van der Waals surface area contributed by atoms with Crippen molar-refractivity contribution in [2.75, 3.05) is 0 Å². The van der Waals surface area contributed by atoms with Gasteiger partial charge in [-0.15, -0.1) is 0 Å². The lowest BCUT2D eigenvalue weighted by molar-refractivity contribution is 0.301. The number of hydrogen-bond acceptors (Lipinski definition) is 4. The summed E-state index contributed by atoms with van der Waals surface area (Å²) in [6, 6.07) is 30.6. The minimum absolute atomic E-state index is 0.127. The zero-order chi connectivity index (χ0) is 24.5. The summed E-state index contributed by atoms with van der Waals surface area (Å²) in [7, 11) is 0. The molecule has 6 rings (SSSR count). The predicted octanol–water partition coefficient (Wildman–Crippen LogP) is 7.04. The highest BCUT2D eigenvalue weighted by atomic mass is 35.5. The standard InChI is InChI=1S/C30H20ClN3O2/c31-26-15-21(14-20-10-7-13-32-29(20)26)24-17-25-27(35)16-22(18-36-23-11-5-2-6-12-23)33-30(25)34-28(24)19-8-3-1-4-9-19/h1-17H,18H2,(H,33,34,35). The Bertz CT molecular complexity index is 1770. The van der Waals surface area contributed by atoms with Gasteiger partial charge in [0.05, 0.1) is 27.3 Å². The molecule has 0 spiro atoms. The van der Waals surface area contributed by atoms with Crippen molar-refractivity contribution in [3.63, 3.8) is 0 Å². The Morgan fingerprint density at radius 1 is 0.833 bits per heavy atom. The van der Waals surface area contributed by atoms with Gasteiger partial charge in [0.15, 0.2) is 5.43 Å². The highest BCUT2D eigenvalue weighted by Crippen LogP contribution is 2.36. The van der Waals surface area contributed by atoms with Crippen molar-refractivity contribution in [3.8, 4) is 28.1 Å².